The standard InChI is InChI=1S/C22H14F2N2O2/c23-17-12-11-16(13-18(17)24)26-21(27)19(14-7-3-1-4-8-14)20(22(26)28)25-15-9-5-2-6-10-15/h1-13,25H. The van der Waals surface area contributed by atoms with Crippen LogP contribution in [0.1, 0.15) is 5.56 Å². The van der Waals surface area contributed by atoms with Gasteiger partial charge in [-0.15, -0.1) is 0 Å². The predicted molar refractivity (Wildman–Crippen MR) is 102 cm³/mol. The van der Waals surface area contributed by atoms with Gasteiger partial charge in [0, 0.05) is 11.8 Å². The van der Waals surface area contributed by atoms with Crippen LogP contribution in [0.3, 0.4) is 0 Å². The molecule has 28 heavy (non-hydrogen) atoms. The first-order valence-electron chi connectivity index (χ1n) is 8.52. The topological polar surface area (TPSA) is 49.4 Å². The molecule has 0 spiro atoms. The van der Waals surface area contributed by atoms with Crippen molar-refractivity contribution >= 4 is 28.8 Å². The Bertz CT molecular complexity index is 1100. The van der Waals surface area contributed by atoms with Crippen molar-refractivity contribution in [2.24, 2.45) is 0 Å². The summed E-state index contributed by atoms with van der Waals surface area (Å²) in [7, 11) is 0. The summed E-state index contributed by atoms with van der Waals surface area (Å²) < 4.78 is 27.0. The molecule has 1 N–H and O–H groups in total. The average molecular weight is 376 g/mol. The van der Waals surface area contributed by atoms with Crippen molar-refractivity contribution in [1.82, 2.24) is 0 Å². The van der Waals surface area contributed by atoms with E-state index in [1.807, 2.05) is 6.07 Å². The molecule has 0 aliphatic carbocycles. The van der Waals surface area contributed by atoms with Gasteiger partial charge in [-0.3, -0.25) is 9.59 Å². The van der Waals surface area contributed by atoms with Gasteiger partial charge in [0.15, 0.2) is 11.6 Å². The third-order valence-electron chi connectivity index (χ3n) is 4.35. The molecule has 1 heterocycles. The quantitative estimate of drug-likeness (QED) is 0.689. The summed E-state index contributed by atoms with van der Waals surface area (Å²) in [6, 6.07) is 20.6. The zero-order chi connectivity index (χ0) is 19.7. The van der Waals surface area contributed by atoms with Crippen LogP contribution in [0.2, 0.25) is 0 Å². The molecule has 4 rings (SSSR count). The Hall–Kier alpha value is -3.80. The SMILES string of the molecule is O=C1C(Nc2ccccc2)=C(c2ccccc2)C(=O)N1c1ccc(F)c(F)c1. The van der Waals surface area contributed by atoms with Crippen LogP contribution in [0.4, 0.5) is 20.2 Å². The molecule has 4 nitrogen and oxygen atoms in total. The van der Waals surface area contributed by atoms with Gasteiger partial charge in [-0.2, -0.15) is 0 Å². The number of nitrogens with zero attached hydrogens (tertiary/aromatic N) is 1. The van der Waals surface area contributed by atoms with E-state index in [9.17, 15) is 18.4 Å². The van der Waals surface area contributed by atoms with E-state index in [2.05, 4.69) is 5.32 Å². The molecule has 2 amide bonds. The molecular weight excluding hydrogens is 362 g/mol. The van der Waals surface area contributed by atoms with E-state index in [-0.39, 0.29) is 17.0 Å². The van der Waals surface area contributed by atoms with Crippen molar-refractivity contribution in [2.45, 2.75) is 0 Å². The summed E-state index contributed by atoms with van der Waals surface area (Å²) in [6.45, 7) is 0. The number of halogens is 2. The number of para-hydroxylation sites is 1. The molecule has 0 radical (unpaired) electrons. The normalized spacial score (nSPS) is 14.0. The lowest BCUT2D eigenvalue weighted by atomic mass is 10.0. The zero-order valence-corrected chi connectivity index (χ0v) is 14.5. The number of nitrogens with one attached hydrogen (secondary N) is 1. The molecule has 138 valence electrons. The van der Waals surface area contributed by atoms with Gasteiger partial charge in [-0.1, -0.05) is 48.5 Å². The van der Waals surface area contributed by atoms with Crippen molar-refractivity contribution in [2.75, 3.05) is 10.2 Å². The highest BCUT2D eigenvalue weighted by molar-refractivity contribution is 6.46. The minimum atomic E-state index is -1.14. The van der Waals surface area contributed by atoms with Crippen LogP contribution in [0, 0.1) is 11.6 Å². The zero-order valence-electron chi connectivity index (χ0n) is 14.5. The molecule has 0 saturated carbocycles. The molecule has 0 fully saturated rings. The minimum Gasteiger partial charge on any atom is -0.350 e. The molecule has 0 saturated heterocycles. The molecular formula is C22H14F2N2O2. The average Bonchev–Trinajstić information content (AvgIpc) is 2.95. The number of rotatable bonds is 4. The highest BCUT2D eigenvalue weighted by Crippen LogP contribution is 2.34. The first-order valence-corrected chi connectivity index (χ1v) is 8.52. The van der Waals surface area contributed by atoms with E-state index in [4.69, 9.17) is 0 Å². The second-order valence-electron chi connectivity index (χ2n) is 6.15. The van der Waals surface area contributed by atoms with Gasteiger partial charge in [0.1, 0.15) is 5.70 Å². The fraction of sp³-hybridized carbons (Fsp3) is 0. The molecule has 0 atom stereocenters. The van der Waals surface area contributed by atoms with Gasteiger partial charge in [-0.05, 0) is 29.8 Å². The molecule has 1 aliphatic heterocycles. The van der Waals surface area contributed by atoms with Gasteiger partial charge < -0.3 is 5.32 Å². The van der Waals surface area contributed by atoms with E-state index in [1.54, 1.807) is 54.6 Å². The first-order chi connectivity index (χ1) is 13.6. The van der Waals surface area contributed by atoms with Crippen LogP contribution < -0.4 is 10.2 Å². The van der Waals surface area contributed by atoms with Gasteiger partial charge in [0.2, 0.25) is 0 Å². The van der Waals surface area contributed by atoms with E-state index < -0.39 is 23.4 Å². The Morgan fingerprint density at radius 2 is 1.36 bits per heavy atom. The molecule has 0 bridgehead atoms. The third kappa shape index (κ3) is 3.05. The first kappa shape index (κ1) is 17.6. The van der Waals surface area contributed by atoms with Crippen LogP contribution in [-0.4, -0.2) is 11.8 Å². The third-order valence-corrected chi connectivity index (χ3v) is 4.35. The van der Waals surface area contributed by atoms with Crippen LogP contribution >= 0.6 is 0 Å². The van der Waals surface area contributed by atoms with Crippen molar-refractivity contribution < 1.29 is 18.4 Å². The maximum atomic E-state index is 13.7. The van der Waals surface area contributed by atoms with E-state index in [1.165, 1.54) is 6.07 Å². The number of imide groups is 1. The van der Waals surface area contributed by atoms with Crippen LogP contribution in [0.5, 0.6) is 0 Å². The van der Waals surface area contributed by atoms with Gasteiger partial charge >= 0.3 is 0 Å². The maximum absolute atomic E-state index is 13.7. The summed E-state index contributed by atoms with van der Waals surface area (Å²) in [5, 5.41) is 3.00. The smallest absolute Gasteiger partial charge is 0.282 e. The summed E-state index contributed by atoms with van der Waals surface area (Å²) >= 11 is 0. The molecule has 6 heteroatoms. The molecule has 0 aromatic heterocycles. The number of carbonyl (C=O) groups excluding carboxylic acids is 2. The van der Waals surface area contributed by atoms with E-state index in [0.29, 0.717) is 11.3 Å². The number of benzene rings is 3. The fourth-order valence-corrected chi connectivity index (χ4v) is 3.04. The number of hydrogen-bond donors (Lipinski definition) is 1. The van der Waals surface area contributed by atoms with Gasteiger partial charge in [0.05, 0.1) is 11.3 Å². The highest BCUT2D eigenvalue weighted by Gasteiger charge is 2.40. The van der Waals surface area contributed by atoms with Gasteiger partial charge in [-0.25, -0.2) is 13.7 Å². The summed E-state index contributed by atoms with van der Waals surface area (Å²) in [5.74, 6) is -3.44. The summed E-state index contributed by atoms with van der Waals surface area (Å²) in [6.07, 6.45) is 0. The lowest BCUT2D eigenvalue weighted by molar-refractivity contribution is -0.120. The number of amides is 2. The molecule has 1 aliphatic rings. The number of hydrogen-bond acceptors (Lipinski definition) is 3. The molecule has 3 aromatic carbocycles. The second-order valence-corrected chi connectivity index (χ2v) is 6.15. The van der Waals surface area contributed by atoms with Crippen LogP contribution in [-0.2, 0) is 9.59 Å². The monoisotopic (exact) mass is 376 g/mol. The Labute approximate surface area is 159 Å². The Morgan fingerprint density at radius 1 is 0.714 bits per heavy atom. The van der Waals surface area contributed by atoms with E-state index in [0.717, 1.165) is 17.0 Å². The lowest BCUT2D eigenvalue weighted by Crippen LogP contribution is -2.32. The second kappa shape index (κ2) is 7.08. The van der Waals surface area contributed by atoms with Crippen molar-refractivity contribution in [3.8, 4) is 0 Å². The van der Waals surface area contributed by atoms with Gasteiger partial charge in [0.25, 0.3) is 11.8 Å². The Morgan fingerprint density at radius 3 is 2.00 bits per heavy atom. The van der Waals surface area contributed by atoms with Crippen molar-refractivity contribution in [1.29, 1.82) is 0 Å². The summed E-state index contributed by atoms with van der Waals surface area (Å²) in [5.41, 5.74) is 1.38. The predicted octanol–water partition coefficient (Wildman–Crippen LogP) is 4.36. The van der Waals surface area contributed by atoms with Crippen LogP contribution in [0.25, 0.3) is 5.57 Å². The minimum absolute atomic E-state index is 0.0350. The van der Waals surface area contributed by atoms with Crippen molar-refractivity contribution in [3.63, 3.8) is 0 Å². The lowest BCUT2D eigenvalue weighted by Gasteiger charge is -2.15. The highest BCUT2D eigenvalue weighted by atomic mass is 19.2. The summed E-state index contributed by atoms with van der Waals surface area (Å²) in [4.78, 5) is 27.0. The Kier molecular flexibility index (Phi) is 4.45. The van der Waals surface area contributed by atoms with E-state index >= 15 is 0 Å². The number of anilines is 2. The molecule has 0 unspecified atom stereocenters. The molecule has 3 aromatic rings. The fourth-order valence-electron chi connectivity index (χ4n) is 3.04. The van der Waals surface area contributed by atoms with Crippen LogP contribution in [0.15, 0.2) is 84.6 Å². The maximum Gasteiger partial charge on any atom is 0.282 e. The Balaban J connectivity index is 1.82. The largest absolute Gasteiger partial charge is 0.350 e. The van der Waals surface area contributed by atoms with Crippen molar-refractivity contribution in [3.05, 3.63) is 102 Å². The number of carbonyl (C=O) groups is 2.